The van der Waals surface area contributed by atoms with E-state index in [2.05, 4.69) is 9.97 Å². The van der Waals surface area contributed by atoms with E-state index in [4.69, 9.17) is 10.2 Å². The Kier molecular flexibility index (Phi) is 4.85. The van der Waals surface area contributed by atoms with E-state index in [0.717, 1.165) is 4.90 Å². The number of aliphatic hydroxyl groups excluding tert-OH is 2. The van der Waals surface area contributed by atoms with Crippen LogP contribution in [-0.4, -0.2) is 46.1 Å². The Morgan fingerprint density at radius 3 is 2.44 bits per heavy atom. The molecule has 0 atom stereocenters. The maximum absolute atomic E-state index is 12.4. The number of hydrogen-bond acceptors (Lipinski definition) is 5. The molecule has 0 spiro atoms. The van der Waals surface area contributed by atoms with Crippen molar-refractivity contribution in [3.05, 3.63) is 17.5 Å². The van der Waals surface area contributed by atoms with Crippen molar-refractivity contribution in [3.8, 4) is 0 Å². The molecule has 0 fully saturated rings. The van der Waals surface area contributed by atoms with Crippen LogP contribution in [0, 0.1) is 6.92 Å². The van der Waals surface area contributed by atoms with Gasteiger partial charge in [0.1, 0.15) is 6.54 Å². The molecule has 0 unspecified atom stereocenters. The van der Waals surface area contributed by atoms with Crippen LogP contribution < -0.4 is 4.90 Å². The third kappa shape index (κ3) is 4.46. The van der Waals surface area contributed by atoms with Gasteiger partial charge in [-0.3, -0.25) is 0 Å². The smallest absolute Gasteiger partial charge is 0.395 e. The van der Waals surface area contributed by atoms with Crippen LogP contribution >= 0.6 is 0 Å². The number of alkyl halides is 3. The van der Waals surface area contributed by atoms with Gasteiger partial charge >= 0.3 is 6.18 Å². The minimum Gasteiger partial charge on any atom is -0.395 e. The van der Waals surface area contributed by atoms with Crippen LogP contribution in [-0.2, 0) is 6.61 Å². The molecule has 0 aliphatic carbocycles. The Bertz CT molecular complexity index is 398. The van der Waals surface area contributed by atoms with E-state index in [-0.39, 0.29) is 24.8 Å². The summed E-state index contributed by atoms with van der Waals surface area (Å²) >= 11 is 0. The first-order valence-electron chi connectivity index (χ1n) is 5.23. The van der Waals surface area contributed by atoms with Crippen molar-refractivity contribution < 1.29 is 23.4 Å². The van der Waals surface area contributed by atoms with E-state index in [1.54, 1.807) is 6.92 Å². The summed E-state index contributed by atoms with van der Waals surface area (Å²) < 4.78 is 37.1. The lowest BCUT2D eigenvalue weighted by atomic mass is 10.3. The minimum atomic E-state index is -4.42. The van der Waals surface area contributed by atoms with Crippen LogP contribution in [0.2, 0.25) is 0 Å². The van der Waals surface area contributed by atoms with Gasteiger partial charge < -0.3 is 15.1 Å². The quantitative estimate of drug-likeness (QED) is 0.817. The summed E-state index contributed by atoms with van der Waals surface area (Å²) in [5.41, 5.74) is 0.691. The molecule has 102 valence electrons. The molecule has 1 aromatic rings. The lowest BCUT2D eigenvalue weighted by Gasteiger charge is -2.23. The lowest BCUT2D eigenvalue weighted by Crippen LogP contribution is -2.37. The standard InChI is InChI=1S/C10H14F3N3O2/c1-7-4-8(5-18)15-9(14-7)16(2-3-17)6-10(11,12)13/h4,17-18H,2-3,5-6H2,1H3. The number of aliphatic hydroxyl groups is 2. The van der Waals surface area contributed by atoms with Crippen LogP contribution in [0.4, 0.5) is 19.1 Å². The molecule has 1 aromatic heterocycles. The SMILES string of the molecule is Cc1cc(CO)nc(N(CCO)CC(F)(F)F)n1. The molecule has 0 aromatic carbocycles. The summed E-state index contributed by atoms with van der Waals surface area (Å²) in [5, 5.41) is 17.7. The number of halogens is 3. The molecule has 0 saturated heterocycles. The van der Waals surface area contributed by atoms with Gasteiger partial charge in [0.2, 0.25) is 5.95 Å². The monoisotopic (exact) mass is 265 g/mol. The second-order valence-corrected chi connectivity index (χ2v) is 3.72. The van der Waals surface area contributed by atoms with E-state index in [9.17, 15) is 13.2 Å². The highest BCUT2D eigenvalue weighted by atomic mass is 19.4. The third-order valence-electron chi connectivity index (χ3n) is 2.08. The Labute approximate surface area is 102 Å². The summed E-state index contributed by atoms with van der Waals surface area (Å²) in [7, 11) is 0. The fourth-order valence-electron chi connectivity index (χ4n) is 1.43. The number of anilines is 1. The summed E-state index contributed by atoms with van der Waals surface area (Å²) in [6, 6.07) is 1.48. The molecule has 0 amide bonds. The van der Waals surface area contributed by atoms with Crippen LogP contribution in [0.25, 0.3) is 0 Å². The van der Waals surface area contributed by atoms with Crippen molar-refractivity contribution in [3.63, 3.8) is 0 Å². The van der Waals surface area contributed by atoms with Gasteiger partial charge in [0, 0.05) is 12.2 Å². The molecule has 0 aliphatic heterocycles. The molecular weight excluding hydrogens is 251 g/mol. The van der Waals surface area contributed by atoms with Gasteiger partial charge in [-0.15, -0.1) is 0 Å². The zero-order chi connectivity index (χ0) is 13.8. The van der Waals surface area contributed by atoms with Gasteiger partial charge in [0.25, 0.3) is 0 Å². The second-order valence-electron chi connectivity index (χ2n) is 3.72. The Hall–Kier alpha value is -1.41. The number of nitrogens with zero attached hydrogens (tertiary/aromatic N) is 3. The molecular formula is C10H14F3N3O2. The molecule has 2 N–H and O–H groups in total. The van der Waals surface area contributed by atoms with Crippen LogP contribution in [0.3, 0.4) is 0 Å². The van der Waals surface area contributed by atoms with Crippen molar-refractivity contribution in [1.29, 1.82) is 0 Å². The minimum absolute atomic E-state index is 0.148. The van der Waals surface area contributed by atoms with Crippen LogP contribution in [0.1, 0.15) is 11.4 Å². The first-order chi connectivity index (χ1) is 8.35. The normalized spacial score (nSPS) is 11.7. The van der Waals surface area contributed by atoms with E-state index < -0.39 is 19.3 Å². The lowest BCUT2D eigenvalue weighted by molar-refractivity contribution is -0.120. The van der Waals surface area contributed by atoms with Crippen molar-refractivity contribution in [1.82, 2.24) is 9.97 Å². The molecule has 0 saturated carbocycles. The largest absolute Gasteiger partial charge is 0.406 e. The molecule has 1 rings (SSSR count). The van der Waals surface area contributed by atoms with Crippen LogP contribution in [0.5, 0.6) is 0 Å². The number of aromatic nitrogens is 2. The average Bonchev–Trinajstić information content (AvgIpc) is 2.26. The second kappa shape index (κ2) is 5.96. The molecule has 18 heavy (non-hydrogen) atoms. The average molecular weight is 265 g/mol. The van der Waals surface area contributed by atoms with Gasteiger partial charge in [-0.05, 0) is 13.0 Å². The van der Waals surface area contributed by atoms with Gasteiger partial charge in [0.05, 0.1) is 18.9 Å². The number of aryl methyl sites for hydroxylation is 1. The van der Waals surface area contributed by atoms with E-state index in [1.807, 2.05) is 0 Å². The summed E-state index contributed by atoms with van der Waals surface area (Å²) in [6.07, 6.45) is -4.42. The van der Waals surface area contributed by atoms with E-state index in [1.165, 1.54) is 6.07 Å². The van der Waals surface area contributed by atoms with Crippen molar-refractivity contribution in [2.24, 2.45) is 0 Å². The third-order valence-corrected chi connectivity index (χ3v) is 2.08. The predicted octanol–water partition coefficient (Wildman–Crippen LogP) is 0.638. The Morgan fingerprint density at radius 2 is 1.94 bits per heavy atom. The number of hydrogen-bond donors (Lipinski definition) is 2. The topological polar surface area (TPSA) is 69.5 Å². The molecule has 0 aliphatic rings. The van der Waals surface area contributed by atoms with Gasteiger partial charge in [-0.1, -0.05) is 0 Å². The fourth-order valence-corrected chi connectivity index (χ4v) is 1.43. The Morgan fingerprint density at radius 1 is 1.28 bits per heavy atom. The van der Waals surface area contributed by atoms with Gasteiger partial charge in [-0.25, -0.2) is 9.97 Å². The van der Waals surface area contributed by atoms with E-state index in [0.29, 0.717) is 5.69 Å². The molecule has 5 nitrogen and oxygen atoms in total. The van der Waals surface area contributed by atoms with Gasteiger partial charge in [0.15, 0.2) is 0 Å². The first kappa shape index (κ1) is 14.7. The zero-order valence-electron chi connectivity index (χ0n) is 9.78. The Balaban J connectivity index is 3.01. The van der Waals surface area contributed by atoms with Crippen molar-refractivity contribution in [2.45, 2.75) is 19.7 Å². The fraction of sp³-hybridized carbons (Fsp3) is 0.600. The highest BCUT2D eigenvalue weighted by Gasteiger charge is 2.31. The molecule has 8 heteroatoms. The maximum Gasteiger partial charge on any atom is 0.406 e. The number of rotatable bonds is 5. The highest BCUT2D eigenvalue weighted by Crippen LogP contribution is 2.20. The summed E-state index contributed by atoms with van der Waals surface area (Å²) in [5.74, 6) is -0.148. The molecule has 0 radical (unpaired) electrons. The first-order valence-corrected chi connectivity index (χ1v) is 5.23. The molecule has 0 bridgehead atoms. The highest BCUT2D eigenvalue weighted by molar-refractivity contribution is 5.32. The molecule has 1 heterocycles. The van der Waals surface area contributed by atoms with Crippen LogP contribution in [0.15, 0.2) is 6.07 Å². The zero-order valence-corrected chi connectivity index (χ0v) is 9.78. The van der Waals surface area contributed by atoms with Crippen molar-refractivity contribution in [2.75, 3.05) is 24.6 Å². The van der Waals surface area contributed by atoms with Gasteiger partial charge in [-0.2, -0.15) is 13.2 Å². The summed E-state index contributed by atoms with van der Waals surface area (Å²) in [4.78, 5) is 8.51. The van der Waals surface area contributed by atoms with E-state index >= 15 is 0 Å². The predicted molar refractivity (Wildman–Crippen MR) is 58.0 cm³/mol. The maximum atomic E-state index is 12.4. The van der Waals surface area contributed by atoms with Crippen molar-refractivity contribution >= 4 is 5.95 Å². The summed E-state index contributed by atoms with van der Waals surface area (Å²) in [6.45, 7) is -0.706.